The van der Waals surface area contributed by atoms with E-state index >= 15 is 0 Å². The van der Waals surface area contributed by atoms with Crippen molar-refractivity contribution >= 4 is 39.2 Å². The Balaban J connectivity index is 1.41. The summed E-state index contributed by atoms with van der Waals surface area (Å²) in [6, 6.07) is 19.6. The minimum Gasteiger partial charge on any atom is -0.360 e. The number of anilines is 1. The standard InChI is InChI=1S/C22H15N5O3/c28-22(18-12-23-19-10-9-16(27(29)30)11-17(18)19)25-14-5-7-15(8-6-14)26-13-24-20-3-1-2-4-21(20)26/h1-13,23H,(H,25,28). The van der Waals surface area contributed by atoms with Gasteiger partial charge in [0.25, 0.3) is 11.6 Å². The first-order chi connectivity index (χ1) is 14.6. The van der Waals surface area contributed by atoms with Gasteiger partial charge in [0.15, 0.2) is 0 Å². The Labute approximate surface area is 169 Å². The van der Waals surface area contributed by atoms with E-state index in [1.54, 1.807) is 30.7 Å². The van der Waals surface area contributed by atoms with Crippen molar-refractivity contribution in [2.24, 2.45) is 0 Å². The summed E-state index contributed by atoms with van der Waals surface area (Å²) in [7, 11) is 0. The second kappa shape index (κ2) is 6.85. The summed E-state index contributed by atoms with van der Waals surface area (Å²) < 4.78 is 1.97. The summed E-state index contributed by atoms with van der Waals surface area (Å²) in [6.07, 6.45) is 3.31. The molecule has 5 rings (SSSR count). The van der Waals surface area contributed by atoms with E-state index in [-0.39, 0.29) is 11.6 Å². The van der Waals surface area contributed by atoms with Crippen LogP contribution in [0.5, 0.6) is 0 Å². The number of fused-ring (bicyclic) bond motifs is 2. The lowest BCUT2D eigenvalue weighted by atomic mass is 10.1. The van der Waals surface area contributed by atoms with E-state index < -0.39 is 4.92 Å². The van der Waals surface area contributed by atoms with E-state index in [2.05, 4.69) is 15.3 Å². The molecule has 0 aliphatic heterocycles. The Morgan fingerprint density at radius 3 is 2.67 bits per heavy atom. The fourth-order valence-electron chi connectivity index (χ4n) is 3.48. The second-order valence-corrected chi connectivity index (χ2v) is 6.79. The van der Waals surface area contributed by atoms with Gasteiger partial charge in [0.1, 0.15) is 6.33 Å². The van der Waals surface area contributed by atoms with Crippen molar-refractivity contribution in [1.29, 1.82) is 0 Å². The van der Waals surface area contributed by atoms with Crippen LogP contribution in [0.25, 0.3) is 27.6 Å². The number of nitrogens with one attached hydrogen (secondary N) is 2. The van der Waals surface area contributed by atoms with E-state index in [4.69, 9.17) is 0 Å². The first-order valence-electron chi connectivity index (χ1n) is 9.19. The van der Waals surface area contributed by atoms with Crippen LogP contribution in [0.3, 0.4) is 0 Å². The number of H-pyrrole nitrogens is 1. The Bertz CT molecular complexity index is 1420. The summed E-state index contributed by atoms with van der Waals surface area (Å²) in [5.74, 6) is -0.345. The maximum absolute atomic E-state index is 12.7. The molecule has 0 aliphatic rings. The highest BCUT2D eigenvalue weighted by atomic mass is 16.6. The van der Waals surface area contributed by atoms with E-state index in [1.807, 2.05) is 41.0 Å². The monoisotopic (exact) mass is 397 g/mol. The first-order valence-corrected chi connectivity index (χ1v) is 9.19. The smallest absolute Gasteiger partial charge is 0.270 e. The van der Waals surface area contributed by atoms with Crippen molar-refractivity contribution in [3.05, 3.63) is 94.9 Å². The fraction of sp³-hybridized carbons (Fsp3) is 0. The summed E-state index contributed by atoms with van der Waals surface area (Å²) in [6.45, 7) is 0. The van der Waals surface area contributed by atoms with Crippen LogP contribution in [-0.2, 0) is 0 Å². The van der Waals surface area contributed by atoms with Gasteiger partial charge in [-0.1, -0.05) is 12.1 Å². The number of aromatic nitrogens is 3. The zero-order valence-electron chi connectivity index (χ0n) is 15.6. The van der Waals surface area contributed by atoms with Crippen molar-refractivity contribution in [2.45, 2.75) is 0 Å². The van der Waals surface area contributed by atoms with Crippen LogP contribution in [0.4, 0.5) is 11.4 Å². The number of nitrogens with zero attached hydrogens (tertiary/aromatic N) is 3. The summed E-state index contributed by atoms with van der Waals surface area (Å²) in [5, 5.41) is 14.4. The number of benzene rings is 3. The van der Waals surface area contributed by atoms with Gasteiger partial charge < -0.3 is 10.3 Å². The summed E-state index contributed by atoms with van der Waals surface area (Å²) in [4.78, 5) is 30.7. The molecule has 0 radical (unpaired) electrons. The van der Waals surface area contributed by atoms with E-state index in [1.165, 1.54) is 12.1 Å². The van der Waals surface area contributed by atoms with Crippen LogP contribution in [0, 0.1) is 10.1 Å². The number of non-ortho nitro benzene ring substituents is 1. The van der Waals surface area contributed by atoms with Crippen molar-refractivity contribution in [3.8, 4) is 5.69 Å². The molecule has 0 atom stereocenters. The van der Waals surface area contributed by atoms with Crippen LogP contribution in [0.1, 0.15) is 10.4 Å². The first kappa shape index (κ1) is 17.6. The van der Waals surface area contributed by atoms with Crippen molar-refractivity contribution < 1.29 is 9.72 Å². The van der Waals surface area contributed by atoms with Crippen LogP contribution < -0.4 is 5.32 Å². The number of rotatable bonds is 4. The number of carbonyl (C=O) groups is 1. The number of hydrogen-bond acceptors (Lipinski definition) is 4. The topological polar surface area (TPSA) is 106 Å². The Morgan fingerprint density at radius 1 is 1.07 bits per heavy atom. The molecule has 0 fully saturated rings. The van der Waals surface area contributed by atoms with Gasteiger partial charge in [0, 0.05) is 40.6 Å². The van der Waals surface area contributed by atoms with E-state index in [9.17, 15) is 14.9 Å². The molecule has 1 amide bonds. The van der Waals surface area contributed by atoms with Crippen molar-refractivity contribution in [3.63, 3.8) is 0 Å². The number of imidazole rings is 1. The molecule has 30 heavy (non-hydrogen) atoms. The SMILES string of the molecule is O=C(Nc1ccc(-n2cnc3ccccc32)cc1)c1c[nH]c2ccc([N+](=O)[O-])cc12. The summed E-state index contributed by atoms with van der Waals surface area (Å²) >= 11 is 0. The quantitative estimate of drug-likeness (QED) is 0.340. The average Bonchev–Trinajstić information content (AvgIpc) is 3.38. The number of nitro groups is 1. The predicted molar refractivity (Wildman–Crippen MR) is 114 cm³/mol. The number of nitro benzene ring substituents is 1. The van der Waals surface area contributed by atoms with Gasteiger partial charge in [-0.25, -0.2) is 4.98 Å². The van der Waals surface area contributed by atoms with Crippen LogP contribution >= 0.6 is 0 Å². The molecule has 2 N–H and O–H groups in total. The third-order valence-electron chi connectivity index (χ3n) is 4.98. The fourth-order valence-corrected chi connectivity index (χ4v) is 3.48. The van der Waals surface area contributed by atoms with Gasteiger partial charge in [-0.15, -0.1) is 0 Å². The Hall–Kier alpha value is -4.46. The lowest BCUT2D eigenvalue weighted by molar-refractivity contribution is -0.384. The molecular weight excluding hydrogens is 382 g/mol. The highest BCUT2D eigenvalue weighted by Gasteiger charge is 2.16. The maximum atomic E-state index is 12.7. The molecule has 8 heteroatoms. The Morgan fingerprint density at radius 2 is 1.87 bits per heavy atom. The third kappa shape index (κ3) is 2.96. The molecule has 0 bridgehead atoms. The third-order valence-corrected chi connectivity index (χ3v) is 4.98. The zero-order valence-corrected chi connectivity index (χ0v) is 15.6. The minimum absolute atomic E-state index is 0.0620. The minimum atomic E-state index is -0.480. The maximum Gasteiger partial charge on any atom is 0.270 e. The zero-order chi connectivity index (χ0) is 20.7. The molecule has 2 aromatic heterocycles. The molecule has 0 spiro atoms. The highest BCUT2D eigenvalue weighted by molar-refractivity contribution is 6.13. The highest BCUT2D eigenvalue weighted by Crippen LogP contribution is 2.25. The van der Waals surface area contributed by atoms with Crippen LogP contribution in [-0.4, -0.2) is 25.4 Å². The normalized spacial score (nSPS) is 11.1. The molecule has 0 aliphatic carbocycles. The van der Waals surface area contributed by atoms with Crippen LogP contribution in [0.2, 0.25) is 0 Å². The molecule has 0 saturated carbocycles. The van der Waals surface area contributed by atoms with Gasteiger partial charge in [-0.3, -0.25) is 19.5 Å². The van der Waals surface area contributed by atoms with Crippen molar-refractivity contribution in [1.82, 2.24) is 14.5 Å². The van der Waals surface area contributed by atoms with Gasteiger partial charge in [-0.05, 0) is 42.5 Å². The van der Waals surface area contributed by atoms with E-state index in [0.717, 1.165) is 16.7 Å². The molecule has 8 nitrogen and oxygen atoms in total. The molecule has 5 aromatic rings. The van der Waals surface area contributed by atoms with Crippen molar-refractivity contribution in [2.75, 3.05) is 5.32 Å². The van der Waals surface area contributed by atoms with Gasteiger partial charge >= 0.3 is 0 Å². The molecule has 0 unspecified atom stereocenters. The predicted octanol–water partition coefficient (Wildman–Crippen LogP) is 4.67. The molecule has 146 valence electrons. The molecular formula is C22H15N5O3. The molecule has 3 aromatic carbocycles. The lowest BCUT2D eigenvalue weighted by Gasteiger charge is -2.08. The number of hydrogen-bond donors (Lipinski definition) is 2. The van der Waals surface area contributed by atoms with Gasteiger partial charge in [-0.2, -0.15) is 0 Å². The van der Waals surface area contributed by atoms with Gasteiger partial charge in [0.05, 0.1) is 21.5 Å². The number of aromatic amines is 1. The molecule has 0 saturated heterocycles. The number of para-hydroxylation sites is 2. The summed E-state index contributed by atoms with van der Waals surface area (Å²) in [5.41, 5.74) is 4.38. The molecule has 2 heterocycles. The number of amides is 1. The van der Waals surface area contributed by atoms with Crippen LogP contribution in [0.15, 0.2) is 79.3 Å². The Kier molecular flexibility index (Phi) is 4.03. The average molecular weight is 397 g/mol. The lowest BCUT2D eigenvalue weighted by Crippen LogP contribution is -2.11. The second-order valence-electron chi connectivity index (χ2n) is 6.79. The van der Waals surface area contributed by atoms with E-state index in [0.29, 0.717) is 22.2 Å². The largest absolute Gasteiger partial charge is 0.360 e. The van der Waals surface area contributed by atoms with Gasteiger partial charge in [0.2, 0.25) is 0 Å². The number of carbonyl (C=O) groups excluding carboxylic acids is 1.